The molecule has 0 heterocycles. The first-order valence-electron chi connectivity index (χ1n) is 5.66. The Bertz CT molecular complexity index is 521. The van der Waals surface area contributed by atoms with Crippen LogP contribution < -0.4 is 4.74 Å². The third-order valence-corrected chi connectivity index (χ3v) is 2.45. The second-order valence-electron chi connectivity index (χ2n) is 3.82. The lowest BCUT2D eigenvalue weighted by Crippen LogP contribution is -2.04. The molecule has 0 atom stereocenters. The van der Waals surface area contributed by atoms with Crippen molar-refractivity contribution in [3.05, 3.63) is 60.2 Å². The van der Waals surface area contributed by atoms with E-state index in [9.17, 15) is 4.79 Å². The smallest absolute Gasteiger partial charge is 0.309 e. The predicted octanol–water partition coefficient (Wildman–Crippen LogP) is 3.83. The number of hydrogen-bond acceptors (Lipinski definition) is 3. The van der Waals surface area contributed by atoms with Crippen LogP contribution >= 0.6 is 0 Å². The molecule has 0 aromatic heterocycles. The third-order valence-electron chi connectivity index (χ3n) is 2.45. The lowest BCUT2D eigenvalue weighted by molar-refractivity contribution is -0.139. The van der Waals surface area contributed by atoms with Gasteiger partial charge in [-0.2, -0.15) is 0 Å². The van der Waals surface area contributed by atoms with E-state index in [4.69, 9.17) is 4.74 Å². The Morgan fingerprint density at radius 1 is 1.00 bits per heavy atom. The topological polar surface area (TPSA) is 35.5 Å². The standard InChI is InChI=1S/C15H14O3.CH4/c1-17-15(16)11-12-6-5-9-14(10-12)18-13-7-3-2-4-8-13;/h2-10H,11H2,1H3;1H4. The van der Waals surface area contributed by atoms with E-state index >= 15 is 0 Å². The minimum Gasteiger partial charge on any atom is -0.469 e. The Hall–Kier alpha value is -2.29. The fourth-order valence-electron chi connectivity index (χ4n) is 1.58. The van der Waals surface area contributed by atoms with Crippen LogP contribution in [0.4, 0.5) is 0 Å². The molecule has 0 aliphatic heterocycles. The second-order valence-corrected chi connectivity index (χ2v) is 3.82. The number of methoxy groups -OCH3 is 1. The van der Waals surface area contributed by atoms with Gasteiger partial charge in [-0.25, -0.2) is 0 Å². The van der Waals surface area contributed by atoms with Gasteiger partial charge in [0, 0.05) is 0 Å². The zero-order chi connectivity index (χ0) is 12.8. The Morgan fingerprint density at radius 3 is 2.37 bits per heavy atom. The van der Waals surface area contributed by atoms with Crippen LogP contribution in [0.25, 0.3) is 0 Å². The average molecular weight is 258 g/mol. The van der Waals surface area contributed by atoms with Gasteiger partial charge in [0.15, 0.2) is 0 Å². The molecule has 0 saturated carbocycles. The largest absolute Gasteiger partial charge is 0.469 e. The van der Waals surface area contributed by atoms with Gasteiger partial charge in [-0.3, -0.25) is 4.79 Å². The van der Waals surface area contributed by atoms with E-state index in [0.29, 0.717) is 5.75 Å². The summed E-state index contributed by atoms with van der Waals surface area (Å²) in [4.78, 5) is 11.2. The van der Waals surface area contributed by atoms with Crippen LogP contribution in [0.15, 0.2) is 54.6 Å². The van der Waals surface area contributed by atoms with Crippen molar-refractivity contribution in [2.45, 2.75) is 13.8 Å². The van der Waals surface area contributed by atoms with E-state index in [0.717, 1.165) is 11.3 Å². The van der Waals surface area contributed by atoms with Gasteiger partial charge >= 0.3 is 5.97 Å². The Balaban J connectivity index is 0.00000180. The van der Waals surface area contributed by atoms with Crippen molar-refractivity contribution in [1.29, 1.82) is 0 Å². The van der Waals surface area contributed by atoms with E-state index < -0.39 is 0 Å². The van der Waals surface area contributed by atoms with Gasteiger partial charge < -0.3 is 9.47 Å². The molecule has 0 amide bonds. The van der Waals surface area contributed by atoms with Crippen molar-refractivity contribution in [3.8, 4) is 11.5 Å². The maximum atomic E-state index is 11.2. The molecule has 0 aliphatic rings. The number of carbonyl (C=O) groups is 1. The number of para-hydroxylation sites is 1. The monoisotopic (exact) mass is 258 g/mol. The molecule has 19 heavy (non-hydrogen) atoms. The van der Waals surface area contributed by atoms with Crippen molar-refractivity contribution in [3.63, 3.8) is 0 Å². The number of rotatable bonds is 4. The minimum absolute atomic E-state index is 0. The Kier molecular flexibility index (Phi) is 5.61. The summed E-state index contributed by atoms with van der Waals surface area (Å²) < 4.78 is 10.3. The second kappa shape index (κ2) is 7.21. The highest BCUT2D eigenvalue weighted by Crippen LogP contribution is 2.21. The van der Waals surface area contributed by atoms with Crippen LogP contribution in [-0.2, 0) is 16.0 Å². The van der Waals surface area contributed by atoms with Gasteiger partial charge in [-0.15, -0.1) is 0 Å². The van der Waals surface area contributed by atoms with Crippen LogP contribution in [0.1, 0.15) is 13.0 Å². The van der Waals surface area contributed by atoms with Crippen LogP contribution in [0, 0.1) is 0 Å². The molecular formula is C16H18O3. The van der Waals surface area contributed by atoms with Gasteiger partial charge in [0.05, 0.1) is 13.5 Å². The molecule has 0 spiro atoms. The number of ether oxygens (including phenoxy) is 2. The maximum Gasteiger partial charge on any atom is 0.309 e. The minimum atomic E-state index is -0.258. The highest BCUT2D eigenvalue weighted by molar-refractivity contribution is 5.72. The first kappa shape index (κ1) is 14.8. The lowest BCUT2D eigenvalue weighted by atomic mass is 10.1. The number of esters is 1. The first-order chi connectivity index (χ1) is 8.78. The molecule has 0 bridgehead atoms. The van der Waals surface area contributed by atoms with Gasteiger partial charge in [0.1, 0.15) is 11.5 Å². The van der Waals surface area contributed by atoms with E-state index in [1.54, 1.807) is 0 Å². The number of benzene rings is 2. The summed E-state index contributed by atoms with van der Waals surface area (Å²) in [6, 6.07) is 16.9. The van der Waals surface area contributed by atoms with Crippen LogP contribution in [0.3, 0.4) is 0 Å². The zero-order valence-corrected chi connectivity index (χ0v) is 10.1. The molecule has 2 aromatic rings. The van der Waals surface area contributed by atoms with Gasteiger partial charge in [0.2, 0.25) is 0 Å². The van der Waals surface area contributed by atoms with Crippen LogP contribution in [0.5, 0.6) is 11.5 Å². The summed E-state index contributed by atoms with van der Waals surface area (Å²) >= 11 is 0. The maximum absolute atomic E-state index is 11.2. The zero-order valence-electron chi connectivity index (χ0n) is 10.1. The Morgan fingerprint density at radius 2 is 1.68 bits per heavy atom. The molecule has 0 unspecified atom stereocenters. The molecule has 0 aliphatic carbocycles. The van der Waals surface area contributed by atoms with E-state index in [-0.39, 0.29) is 19.8 Å². The van der Waals surface area contributed by atoms with Crippen molar-refractivity contribution in [2.24, 2.45) is 0 Å². The van der Waals surface area contributed by atoms with E-state index in [2.05, 4.69) is 4.74 Å². The summed E-state index contributed by atoms with van der Waals surface area (Å²) in [7, 11) is 1.38. The fraction of sp³-hybridized carbons (Fsp3) is 0.188. The molecule has 0 fully saturated rings. The summed E-state index contributed by atoms with van der Waals surface area (Å²) in [5, 5.41) is 0. The molecule has 2 rings (SSSR count). The van der Waals surface area contributed by atoms with Crippen LogP contribution in [-0.4, -0.2) is 13.1 Å². The molecule has 0 N–H and O–H groups in total. The number of hydrogen-bond donors (Lipinski definition) is 0. The highest BCUT2D eigenvalue weighted by atomic mass is 16.5. The summed E-state index contributed by atoms with van der Waals surface area (Å²) in [5.41, 5.74) is 0.871. The van der Waals surface area contributed by atoms with Gasteiger partial charge in [0.25, 0.3) is 0 Å². The van der Waals surface area contributed by atoms with Crippen LogP contribution in [0.2, 0.25) is 0 Å². The van der Waals surface area contributed by atoms with E-state index in [1.807, 2.05) is 54.6 Å². The highest BCUT2D eigenvalue weighted by Gasteiger charge is 2.04. The SMILES string of the molecule is C.COC(=O)Cc1cccc(Oc2ccccc2)c1. The predicted molar refractivity (Wildman–Crippen MR) is 75.4 cm³/mol. The summed E-state index contributed by atoms with van der Waals surface area (Å²) in [5.74, 6) is 1.22. The molecule has 2 aromatic carbocycles. The van der Waals surface area contributed by atoms with Crippen molar-refractivity contribution < 1.29 is 14.3 Å². The molecule has 0 saturated heterocycles. The van der Waals surface area contributed by atoms with Crippen molar-refractivity contribution in [1.82, 2.24) is 0 Å². The molecule has 100 valence electrons. The molecule has 3 nitrogen and oxygen atoms in total. The lowest BCUT2D eigenvalue weighted by Gasteiger charge is -2.07. The third kappa shape index (κ3) is 4.47. The fourth-order valence-corrected chi connectivity index (χ4v) is 1.58. The Labute approximate surface area is 113 Å². The normalized spacial score (nSPS) is 9.32. The average Bonchev–Trinajstić information content (AvgIpc) is 2.40. The number of carbonyl (C=O) groups excluding carboxylic acids is 1. The molecule has 3 heteroatoms. The quantitative estimate of drug-likeness (QED) is 0.782. The summed E-state index contributed by atoms with van der Waals surface area (Å²) in [6.45, 7) is 0. The van der Waals surface area contributed by atoms with Crippen molar-refractivity contribution in [2.75, 3.05) is 7.11 Å². The first-order valence-corrected chi connectivity index (χ1v) is 5.66. The molecule has 0 radical (unpaired) electrons. The van der Waals surface area contributed by atoms with Crippen molar-refractivity contribution >= 4 is 5.97 Å². The van der Waals surface area contributed by atoms with Gasteiger partial charge in [-0.05, 0) is 29.8 Å². The molecular weight excluding hydrogens is 240 g/mol. The van der Waals surface area contributed by atoms with Gasteiger partial charge in [-0.1, -0.05) is 37.8 Å². The van der Waals surface area contributed by atoms with E-state index in [1.165, 1.54) is 7.11 Å². The summed E-state index contributed by atoms with van der Waals surface area (Å²) in [6.07, 6.45) is 0.252.